The van der Waals surface area contributed by atoms with E-state index in [2.05, 4.69) is 10.9 Å². The van der Waals surface area contributed by atoms with Gasteiger partial charge in [-0.15, -0.1) is 5.12 Å². The van der Waals surface area contributed by atoms with Gasteiger partial charge in [0, 0.05) is 20.1 Å². The number of carbonyl (C=O) groups is 2. The molecule has 0 radical (unpaired) electrons. The minimum atomic E-state index is -0.815. The summed E-state index contributed by atoms with van der Waals surface area (Å²) in [5.41, 5.74) is 4.95. The maximum atomic E-state index is 11.8. The zero-order valence-electron chi connectivity index (χ0n) is 12.7. The fourth-order valence-electron chi connectivity index (χ4n) is 2.65. The van der Waals surface area contributed by atoms with Crippen molar-refractivity contribution in [1.82, 2.24) is 20.9 Å². The number of nitrogens with zero attached hydrogens (tertiary/aromatic N) is 2. The molecule has 1 aromatic rings. The van der Waals surface area contributed by atoms with Gasteiger partial charge in [0.05, 0.1) is 12.1 Å². The number of piperidine rings is 1. The molecular formula is C15H22N4O3. The van der Waals surface area contributed by atoms with Crippen molar-refractivity contribution in [2.24, 2.45) is 0 Å². The van der Waals surface area contributed by atoms with E-state index < -0.39 is 5.60 Å². The maximum Gasteiger partial charge on any atom is 0.249 e. The molecule has 7 heteroatoms. The molecule has 1 saturated heterocycles. The van der Waals surface area contributed by atoms with Crippen molar-refractivity contribution in [1.29, 1.82) is 0 Å². The Morgan fingerprint density at radius 1 is 1.36 bits per heavy atom. The van der Waals surface area contributed by atoms with E-state index in [0.717, 1.165) is 5.56 Å². The summed E-state index contributed by atoms with van der Waals surface area (Å²) >= 11 is 0. The molecular weight excluding hydrogens is 284 g/mol. The van der Waals surface area contributed by atoms with Gasteiger partial charge in [0.25, 0.3) is 0 Å². The summed E-state index contributed by atoms with van der Waals surface area (Å²) in [5.74, 6) is -0.206. The van der Waals surface area contributed by atoms with Crippen LogP contribution < -0.4 is 10.9 Å². The van der Waals surface area contributed by atoms with Crippen LogP contribution in [0.2, 0.25) is 0 Å². The highest BCUT2D eigenvalue weighted by Gasteiger charge is 2.34. The predicted octanol–water partition coefficient (Wildman–Crippen LogP) is -0.406. The van der Waals surface area contributed by atoms with Gasteiger partial charge in [0.2, 0.25) is 12.3 Å². The second kappa shape index (κ2) is 7.35. The van der Waals surface area contributed by atoms with E-state index in [1.165, 1.54) is 12.2 Å². The molecule has 0 aromatic heterocycles. The molecule has 0 unspecified atom stereocenters. The Morgan fingerprint density at radius 3 is 2.59 bits per heavy atom. The number of rotatable bonds is 6. The van der Waals surface area contributed by atoms with Gasteiger partial charge in [-0.05, 0) is 18.4 Å². The Kier molecular flexibility index (Phi) is 5.48. The maximum absolute atomic E-state index is 11.8. The third kappa shape index (κ3) is 4.27. The van der Waals surface area contributed by atoms with E-state index in [4.69, 9.17) is 0 Å². The van der Waals surface area contributed by atoms with E-state index >= 15 is 0 Å². The molecule has 2 amide bonds. The standard InChI is InChI=1S/C15H22N4O3/c1-18(16-12-20)17-14(21)11-19-9-7-15(22,8-10-19)13-5-3-2-4-6-13/h2-6,12,22H,7-11H2,1H3,(H,16,20)(H,17,21). The third-order valence-electron chi connectivity index (χ3n) is 3.90. The lowest BCUT2D eigenvalue weighted by molar-refractivity contribution is -0.130. The van der Waals surface area contributed by atoms with Crippen molar-refractivity contribution in [3.8, 4) is 0 Å². The van der Waals surface area contributed by atoms with E-state index in [9.17, 15) is 14.7 Å². The quantitative estimate of drug-likeness (QED) is 0.492. The van der Waals surface area contributed by atoms with E-state index in [0.29, 0.717) is 32.3 Å². The summed E-state index contributed by atoms with van der Waals surface area (Å²) in [6.45, 7) is 1.52. The van der Waals surface area contributed by atoms with Gasteiger partial charge in [-0.1, -0.05) is 30.3 Å². The molecule has 1 aliphatic rings. The Morgan fingerprint density at radius 2 is 2.00 bits per heavy atom. The van der Waals surface area contributed by atoms with Crippen LogP contribution in [0.5, 0.6) is 0 Å². The van der Waals surface area contributed by atoms with Gasteiger partial charge in [-0.25, -0.2) is 0 Å². The number of amides is 2. The zero-order valence-corrected chi connectivity index (χ0v) is 12.7. The molecule has 7 nitrogen and oxygen atoms in total. The highest BCUT2D eigenvalue weighted by atomic mass is 16.3. The smallest absolute Gasteiger partial charge is 0.249 e. The fourth-order valence-corrected chi connectivity index (χ4v) is 2.65. The fraction of sp³-hybridized carbons (Fsp3) is 0.467. The van der Waals surface area contributed by atoms with E-state index in [1.807, 2.05) is 35.2 Å². The number of carbonyl (C=O) groups excluding carboxylic acids is 2. The van der Waals surface area contributed by atoms with Crippen molar-refractivity contribution in [3.63, 3.8) is 0 Å². The molecule has 120 valence electrons. The van der Waals surface area contributed by atoms with Gasteiger partial charge in [0.1, 0.15) is 0 Å². The summed E-state index contributed by atoms with van der Waals surface area (Å²) < 4.78 is 0. The first-order valence-electron chi connectivity index (χ1n) is 7.27. The lowest BCUT2D eigenvalue weighted by Crippen LogP contribution is -2.52. The summed E-state index contributed by atoms with van der Waals surface area (Å²) in [5, 5.41) is 11.9. The van der Waals surface area contributed by atoms with Crippen LogP contribution in [-0.4, -0.2) is 54.1 Å². The molecule has 2 rings (SSSR count). The SMILES string of the molecule is CN(NC=O)NC(=O)CN1CCC(O)(c2ccccc2)CC1. The molecule has 0 spiro atoms. The molecule has 1 aromatic carbocycles. The first-order chi connectivity index (χ1) is 10.5. The second-order valence-electron chi connectivity index (χ2n) is 5.51. The van der Waals surface area contributed by atoms with Crippen molar-refractivity contribution >= 4 is 12.3 Å². The molecule has 0 bridgehead atoms. The van der Waals surface area contributed by atoms with Crippen molar-refractivity contribution in [3.05, 3.63) is 35.9 Å². The normalized spacial score (nSPS) is 18.0. The lowest BCUT2D eigenvalue weighted by Gasteiger charge is -2.38. The number of aliphatic hydroxyl groups is 1. The van der Waals surface area contributed by atoms with Crippen LogP contribution in [-0.2, 0) is 15.2 Å². The Labute approximate surface area is 129 Å². The van der Waals surface area contributed by atoms with Gasteiger partial charge in [-0.3, -0.25) is 25.3 Å². The van der Waals surface area contributed by atoms with Crippen LogP contribution in [0.3, 0.4) is 0 Å². The predicted molar refractivity (Wildman–Crippen MR) is 81.1 cm³/mol. The van der Waals surface area contributed by atoms with Gasteiger partial charge in [-0.2, -0.15) is 0 Å². The van der Waals surface area contributed by atoms with Crippen LogP contribution in [0.15, 0.2) is 30.3 Å². The van der Waals surface area contributed by atoms with Gasteiger partial charge >= 0.3 is 0 Å². The molecule has 22 heavy (non-hydrogen) atoms. The van der Waals surface area contributed by atoms with Crippen molar-refractivity contribution in [2.75, 3.05) is 26.7 Å². The first-order valence-corrected chi connectivity index (χ1v) is 7.27. The number of likely N-dealkylation sites (tertiary alicyclic amines) is 1. The monoisotopic (exact) mass is 306 g/mol. The van der Waals surface area contributed by atoms with Gasteiger partial charge in [0.15, 0.2) is 0 Å². The van der Waals surface area contributed by atoms with Crippen LogP contribution in [0.1, 0.15) is 18.4 Å². The average Bonchev–Trinajstić information content (AvgIpc) is 2.51. The lowest BCUT2D eigenvalue weighted by atomic mass is 9.84. The highest BCUT2D eigenvalue weighted by molar-refractivity contribution is 5.77. The first kappa shape index (κ1) is 16.4. The topological polar surface area (TPSA) is 84.9 Å². The highest BCUT2D eigenvalue weighted by Crippen LogP contribution is 2.32. The second-order valence-corrected chi connectivity index (χ2v) is 5.51. The number of hydrogen-bond donors (Lipinski definition) is 3. The summed E-state index contributed by atoms with van der Waals surface area (Å²) in [4.78, 5) is 24.1. The molecule has 1 heterocycles. The number of hydrogen-bond acceptors (Lipinski definition) is 5. The molecule has 1 aliphatic heterocycles. The number of hydrazine groups is 2. The Balaban J connectivity index is 1.82. The Bertz CT molecular complexity index is 501. The van der Waals surface area contributed by atoms with Crippen molar-refractivity contribution < 1.29 is 14.7 Å². The van der Waals surface area contributed by atoms with Gasteiger partial charge < -0.3 is 5.11 Å². The zero-order chi connectivity index (χ0) is 16.0. The van der Waals surface area contributed by atoms with Crippen LogP contribution in [0, 0.1) is 0 Å². The number of nitrogens with one attached hydrogen (secondary N) is 2. The summed E-state index contributed by atoms with van der Waals surface area (Å²) in [7, 11) is 1.54. The average molecular weight is 306 g/mol. The molecule has 0 saturated carbocycles. The van der Waals surface area contributed by atoms with E-state index in [1.54, 1.807) is 0 Å². The Hall–Kier alpha value is -1.96. The minimum absolute atomic E-state index is 0.206. The minimum Gasteiger partial charge on any atom is -0.385 e. The summed E-state index contributed by atoms with van der Waals surface area (Å²) in [6.07, 6.45) is 1.67. The van der Waals surface area contributed by atoms with Crippen molar-refractivity contribution in [2.45, 2.75) is 18.4 Å². The molecule has 0 atom stereocenters. The summed E-state index contributed by atoms with van der Waals surface area (Å²) in [6, 6.07) is 9.63. The number of benzene rings is 1. The third-order valence-corrected chi connectivity index (χ3v) is 3.90. The molecule has 0 aliphatic carbocycles. The largest absolute Gasteiger partial charge is 0.385 e. The van der Waals surface area contributed by atoms with Crippen LogP contribution >= 0.6 is 0 Å². The van der Waals surface area contributed by atoms with Crippen LogP contribution in [0.4, 0.5) is 0 Å². The molecule has 1 fully saturated rings. The van der Waals surface area contributed by atoms with Crippen LogP contribution in [0.25, 0.3) is 0 Å². The van der Waals surface area contributed by atoms with E-state index in [-0.39, 0.29) is 12.5 Å². The molecule has 3 N–H and O–H groups in total.